The highest BCUT2D eigenvalue weighted by atomic mass is 32.2. The molecular formula is C25H30N4O5S. The lowest BCUT2D eigenvalue weighted by atomic mass is 10.2. The molecule has 0 aliphatic heterocycles. The third-order valence-corrected chi connectivity index (χ3v) is 7.60. The molecule has 1 heterocycles. The van der Waals surface area contributed by atoms with Gasteiger partial charge in [0.15, 0.2) is 6.61 Å². The van der Waals surface area contributed by atoms with Crippen LogP contribution >= 0.6 is 0 Å². The number of carbonyl (C=O) groups excluding carboxylic acids is 2. The van der Waals surface area contributed by atoms with Crippen LogP contribution in [0, 0.1) is 13.8 Å². The Morgan fingerprint density at radius 3 is 2.37 bits per heavy atom. The number of carbonyl (C=O) groups is 2. The molecule has 10 heteroatoms. The number of amides is 1. The summed E-state index contributed by atoms with van der Waals surface area (Å²) in [6, 6.07) is 15.7. The topological polar surface area (TPSA) is 111 Å². The van der Waals surface area contributed by atoms with Gasteiger partial charge in [0.05, 0.1) is 22.8 Å². The molecule has 9 nitrogen and oxygen atoms in total. The molecule has 0 aliphatic rings. The van der Waals surface area contributed by atoms with Crippen molar-refractivity contribution in [2.24, 2.45) is 0 Å². The SMILES string of the molecule is CCN(CC)S(=O)(=O)c1cccc(NC(=O)COC(=O)c2c(C)nn(Cc3ccccc3)c2C)c1. The molecule has 0 unspecified atom stereocenters. The molecule has 3 rings (SSSR count). The van der Waals surface area contributed by atoms with E-state index in [1.165, 1.54) is 16.4 Å². The Balaban J connectivity index is 1.64. The van der Waals surface area contributed by atoms with Crippen molar-refractivity contribution in [1.29, 1.82) is 0 Å². The van der Waals surface area contributed by atoms with E-state index in [1.807, 2.05) is 30.3 Å². The van der Waals surface area contributed by atoms with Gasteiger partial charge in [0.25, 0.3) is 5.91 Å². The van der Waals surface area contributed by atoms with E-state index in [-0.39, 0.29) is 4.90 Å². The van der Waals surface area contributed by atoms with Crippen molar-refractivity contribution < 1.29 is 22.7 Å². The number of benzene rings is 2. The Hall–Kier alpha value is -3.50. The van der Waals surface area contributed by atoms with Gasteiger partial charge in [0, 0.05) is 18.8 Å². The van der Waals surface area contributed by atoms with E-state index in [0.717, 1.165) is 5.56 Å². The standard InChI is InChI=1S/C25H30N4O5S/c1-5-28(6-2)35(32,33)22-14-10-13-21(15-22)26-23(30)17-34-25(31)24-18(3)27-29(19(24)4)16-20-11-8-7-9-12-20/h7-15H,5-6,16-17H2,1-4H3,(H,26,30). The number of anilines is 1. The number of hydrogen-bond donors (Lipinski definition) is 1. The predicted octanol–water partition coefficient (Wildman–Crippen LogP) is 3.37. The number of aryl methyl sites for hydroxylation is 1. The summed E-state index contributed by atoms with van der Waals surface area (Å²) in [5.74, 6) is -1.23. The van der Waals surface area contributed by atoms with Gasteiger partial charge in [-0.15, -0.1) is 0 Å². The molecule has 2 aromatic carbocycles. The monoisotopic (exact) mass is 498 g/mol. The first-order chi connectivity index (χ1) is 16.7. The lowest BCUT2D eigenvalue weighted by molar-refractivity contribution is -0.119. The van der Waals surface area contributed by atoms with Crippen molar-refractivity contribution in [2.75, 3.05) is 25.0 Å². The second kappa shape index (κ2) is 11.3. The van der Waals surface area contributed by atoms with E-state index in [1.54, 1.807) is 44.5 Å². The van der Waals surface area contributed by atoms with Crippen molar-refractivity contribution in [2.45, 2.75) is 39.1 Å². The molecule has 1 aromatic heterocycles. The summed E-state index contributed by atoms with van der Waals surface area (Å²) < 4.78 is 33.7. The van der Waals surface area contributed by atoms with Gasteiger partial charge in [0.2, 0.25) is 10.0 Å². The van der Waals surface area contributed by atoms with Crippen LogP contribution < -0.4 is 5.32 Å². The molecule has 0 bridgehead atoms. The number of rotatable bonds is 10. The number of nitrogens with zero attached hydrogens (tertiary/aromatic N) is 3. The van der Waals surface area contributed by atoms with Gasteiger partial charge in [-0.25, -0.2) is 13.2 Å². The molecule has 0 saturated heterocycles. The number of ether oxygens (including phenoxy) is 1. The minimum atomic E-state index is -3.66. The maximum absolute atomic E-state index is 12.7. The highest BCUT2D eigenvalue weighted by Crippen LogP contribution is 2.20. The quantitative estimate of drug-likeness (QED) is 0.429. The molecule has 0 atom stereocenters. The third kappa shape index (κ3) is 6.14. The molecule has 3 aromatic rings. The molecule has 1 amide bonds. The summed E-state index contributed by atoms with van der Waals surface area (Å²) in [4.78, 5) is 25.2. The first-order valence-electron chi connectivity index (χ1n) is 11.3. The van der Waals surface area contributed by atoms with E-state index >= 15 is 0 Å². The summed E-state index contributed by atoms with van der Waals surface area (Å²) in [6.45, 7) is 7.68. The van der Waals surface area contributed by atoms with Gasteiger partial charge in [-0.3, -0.25) is 9.48 Å². The average molecular weight is 499 g/mol. The summed E-state index contributed by atoms with van der Waals surface area (Å²) in [6.07, 6.45) is 0. The fourth-order valence-corrected chi connectivity index (χ4v) is 5.25. The Kier molecular flexibility index (Phi) is 8.42. The van der Waals surface area contributed by atoms with Crippen LogP contribution in [0.2, 0.25) is 0 Å². The minimum Gasteiger partial charge on any atom is -0.452 e. The summed E-state index contributed by atoms with van der Waals surface area (Å²) in [5, 5.41) is 7.02. The van der Waals surface area contributed by atoms with Gasteiger partial charge in [-0.05, 0) is 37.6 Å². The van der Waals surface area contributed by atoms with E-state index in [2.05, 4.69) is 10.4 Å². The average Bonchev–Trinajstić information content (AvgIpc) is 3.11. The van der Waals surface area contributed by atoms with Crippen LogP contribution in [0.4, 0.5) is 5.69 Å². The second-order valence-corrected chi connectivity index (χ2v) is 9.87. The van der Waals surface area contributed by atoms with E-state index in [4.69, 9.17) is 4.74 Å². The largest absolute Gasteiger partial charge is 0.452 e. The lowest BCUT2D eigenvalue weighted by Gasteiger charge is -2.18. The summed E-state index contributed by atoms with van der Waals surface area (Å²) in [5.41, 5.74) is 2.82. The highest BCUT2D eigenvalue weighted by molar-refractivity contribution is 7.89. The van der Waals surface area contributed by atoms with Crippen molar-refractivity contribution >= 4 is 27.6 Å². The minimum absolute atomic E-state index is 0.0769. The predicted molar refractivity (Wildman–Crippen MR) is 133 cm³/mol. The maximum atomic E-state index is 12.7. The Labute approximate surface area is 205 Å². The zero-order chi connectivity index (χ0) is 25.6. The number of aromatic nitrogens is 2. The Morgan fingerprint density at radius 1 is 1.03 bits per heavy atom. The van der Waals surface area contributed by atoms with E-state index < -0.39 is 28.5 Å². The molecule has 0 fully saturated rings. The number of esters is 1. The van der Waals surface area contributed by atoms with Crippen molar-refractivity contribution in [3.05, 3.63) is 77.1 Å². The Morgan fingerprint density at radius 2 is 1.71 bits per heavy atom. The van der Waals surface area contributed by atoms with Crippen LogP contribution in [-0.4, -0.2) is 54.1 Å². The number of hydrogen-bond acceptors (Lipinski definition) is 6. The third-order valence-electron chi connectivity index (χ3n) is 5.56. The fraction of sp³-hybridized carbons (Fsp3) is 0.320. The molecule has 35 heavy (non-hydrogen) atoms. The molecule has 0 spiro atoms. The van der Waals surface area contributed by atoms with Crippen LogP contribution in [0.3, 0.4) is 0 Å². The van der Waals surface area contributed by atoms with Crippen LogP contribution in [0.15, 0.2) is 59.5 Å². The van der Waals surface area contributed by atoms with Gasteiger partial charge >= 0.3 is 5.97 Å². The molecule has 0 radical (unpaired) electrons. The first-order valence-corrected chi connectivity index (χ1v) is 12.8. The highest BCUT2D eigenvalue weighted by Gasteiger charge is 2.23. The second-order valence-electron chi connectivity index (χ2n) is 7.93. The van der Waals surface area contributed by atoms with Crippen molar-refractivity contribution in [1.82, 2.24) is 14.1 Å². The lowest BCUT2D eigenvalue weighted by Crippen LogP contribution is -2.30. The zero-order valence-electron chi connectivity index (χ0n) is 20.3. The van der Waals surface area contributed by atoms with Crippen LogP contribution in [0.25, 0.3) is 0 Å². The molecule has 0 saturated carbocycles. The van der Waals surface area contributed by atoms with Crippen molar-refractivity contribution in [3.8, 4) is 0 Å². The van der Waals surface area contributed by atoms with Crippen LogP contribution in [-0.2, 0) is 26.1 Å². The van der Waals surface area contributed by atoms with Crippen LogP contribution in [0.5, 0.6) is 0 Å². The molecule has 186 valence electrons. The van der Waals surface area contributed by atoms with E-state index in [0.29, 0.717) is 42.3 Å². The first kappa shape index (κ1) is 26.1. The van der Waals surface area contributed by atoms with Crippen molar-refractivity contribution in [3.63, 3.8) is 0 Å². The zero-order valence-corrected chi connectivity index (χ0v) is 21.1. The normalized spacial score (nSPS) is 11.5. The van der Waals surface area contributed by atoms with Gasteiger partial charge in [-0.2, -0.15) is 9.40 Å². The fourth-order valence-electron chi connectivity index (χ4n) is 3.75. The van der Waals surface area contributed by atoms with Crippen LogP contribution in [0.1, 0.15) is 41.2 Å². The number of nitrogens with one attached hydrogen (secondary N) is 1. The maximum Gasteiger partial charge on any atom is 0.342 e. The summed E-state index contributed by atoms with van der Waals surface area (Å²) >= 11 is 0. The van der Waals surface area contributed by atoms with E-state index in [9.17, 15) is 18.0 Å². The molecule has 1 N–H and O–H groups in total. The molecule has 0 aliphatic carbocycles. The molecular weight excluding hydrogens is 468 g/mol. The number of sulfonamides is 1. The smallest absolute Gasteiger partial charge is 0.342 e. The van der Waals surface area contributed by atoms with Gasteiger partial charge in [0.1, 0.15) is 5.56 Å². The van der Waals surface area contributed by atoms with Gasteiger partial charge < -0.3 is 10.1 Å². The summed E-state index contributed by atoms with van der Waals surface area (Å²) in [7, 11) is -3.66. The Bertz CT molecular complexity index is 1300. The van der Waals surface area contributed by atoms with Gasteiger partial charge in [-0.1, -0.05) is 50.2 Å².